The average molecular weight is 393 g/mol. The van der Waals surface area contributed by atoms with E-state index in [-0.39, 0.29) is 5.70 Å². The van der Waals surface area contributed by atoms with E-state index in [4.69, 9.17) is 0 Å². The minimum atomic E-state index is -0.674. The first kappa shape index (κ1) is 19.8. The molecule has 1 aliphatic heterocycles. The van der Waals surface area contributed by atoms with Crippen LogP contribution in [0.4, 0.5) is 10.5 Å². The maximum Gasteiger partial charge on any atom is 0.337 e. The van der Waals surface area contributed by atoms with Crippen LogP contribution in [0.5, 0.6) is 0 Å². The van der Waals surface area contributed by atoms with E-state index < -0.39 is 30.4 Å². The molecule has 0 spiro atoms. The van der Waals surface area contributed by atoms with Crippen molar-refractivity contribution in [3.05, 3.63) is 70.9 Å². The van der Waals surface area contributed by atoms with Gasteiger partial charge in [0.05, 0.1) is 12.7 Å². The number of ether oxygens (including phenoxy) is 1. The van der Waals surface area contributed by atoms with Gasteiger partial charge in [0.25, 0.3) is 5.91 Å². The molecule has 1 heterocycles. The lowest BCUT2D eigenvalue weighted by Gasteiger charge is -2.12. The number of carbonyl (C=O) groups excluding carboxylic acids is 4. The number of hydrogen-bond donors (Lipinski definition) is 2. The molecule has 0 saturated carbocycles. The summed E-state index contributed by atoms with van der Waals surface area (Å²) >= 11 is 0. The predicted octanol–water partition coefficient (Wildman–Crippen LogP) is 2.31. The minimum absolute atomic E-state index is 0.0455. The van der Waals surface area contributed by atoms with Gasteiger partial charge in [0.2, 0.25) is 5.91 Å². The topological polar surface area (TPSA) is 105 Å². The Morgan fingerprint density at radius 2 is 1.86 bits per heavy atom. The highest BCUT2D eigenvalue weighted by molar-refractivity contribution is 6.16. The third-order valence-corrected chi connectivity index (χ3v) is 4.21. The summed E-state index contributed by atoms with van der Waals surface area (Å²) in [6.45, 7) is 1.49. The van der Waals surface area contributed by atoms with Gasteiger partial charge >= 0.3 is 12.0 Å². The highest BCUT2D eigenvalue weighted by Gasteiger charge is 2.34. The molecule has 2 aromatic rings. The number of imide groups is 1. The summed E-state index contributed by atoms with van der Waals surface area (Å²) in [7, 11) is 1.29. The number of hydrogen-bond acceptors (Lipinski definition) is 5. The van der Waals surface area contributed by atoms with E-state index in [1.807, 2.05) is 13.0 Å². The van der Waals surface area contributed by atoms with Crippen LogP contribution >= 0.6 is 0 Å². The second-order valence-corrected chi connectivity index (χ2v) is 6.41. The van der Waals surface area contributed by atoms with Gasteiger partial charge in [-0.25, -0.2) is 14.5 Å². The van der Waals surface area contributed by atoms with Gasteiger partial charge < -0.3 is 15.4 Å². The van der Waals surface area contributed by atoms with Gasteiger partial charge in [-0.2, -0.15) is 0 Å². The van der Waals surface area contributed by atoms with Crippen LogP contribution < -0.4 is 10.6 Å². The largest absolute Gasteiger partial charge is 0.465 e. The molecule has 148 valence electrons. The van der Waals surface area contributed by atoms with Gasteiger partial charge in [-0.3, -0.25) is 9.59 Å². The van der Waals surface area contributed by atoms with Crippen LogP contribution in [0.15, 0.2) is 54.2 Å². The van der Waals surface area contributed by atoms with Gasteiger partial charge in [-0.05, 0) is 48.4 Å². The fraction of sp³-hybridized carbons (Fsp3) is 0.143. The number of methoxy groups -OCH3 is 1. The SMILES string of the molecule is COC(=O)c1ccc(/C=C2/NC(=O)N(CC(=O)Nc3cccc(C)c3)C2=O)cc1. The van der Waals surface area contributed by atoms with Crippen LogP contribution in [0, 0.1) is 6.92 Å². The zero-order valence-corrected chi connectivity index (χ0v) is 15.9. The van der Waals surface area contributed by atoms with Crippen LogP contribution in [0.25, 0.3) is 6.08 Å². The number of rotatable bonds is 5. The summed E-state index contributed by atoms with van der Waals surface area (Å²) in [6.07, 6.45) is 1.47. The number of urea groups is 1. The monoisotopic (exact) mass is 393 g/mol. The van der Waals surface area contributed by atoms with Crippen LogP contribution in [0.1, 0.15) is 21.5 Å². The van der Waals surface area contributed by atoms with Gasteiger partial charge in [0, 0.05) is 5.69 Å². The molecule has 2 aromatic carbocycles. The Labute approximate surface area is 167 Å². The first-order valence-corrected chi connectivity index (χ1v) is 8.77. The third kappa shape index (κ3) is 4.67. The van der Waals surface area contributed by atoms with E-state index in [9.17, 15) is 19.2 Å². The molecule has 2 N–H and O–H groups in total. The Hall–Kier alpha value is -3.94. The van der Waals surface area contributed by atoms with Crippen LogP contribution in [0.2, 0.25) is 0 Å². The molecule has 8 nitrogen and oxygen atoms in total. The van der Waals surface area contributed by atoms with Crippen molar-refractivity contribution in [2.45, 2.75) is 6.92 Å². The summed E-state index contributed by atoms with van der Waals surface area (Å²) in [5.41, 5.74) is 2.58. The Morgan fingerprint density at radius 1 is 1.14 bits per heavy atom. The maximum atomic E-state index is 12.5. The number of aryl methyl sites for hydroxylation is 1. The molecule has 3 rings (SSSR count). The molecule has 29 heavy (non-hydrogen) atoms. The molecule has 0 aliphatic carbocycles. The average Bonchev–Trinajstić information content (AvgIpc) is 2.95. The molecule has 0 unspecified atom stereocenters. The number of nitrogens with zero attached hydrogens (tertiary/aromatic N) is 1. The number of esters is 1. The summed E-state index contributed by atoms with van der Waals surface area (Å²) in [4.78, 5) is 49.1. The second kappa shape index (κ2) is 8.39. The highest BCUT2D eigenvalue weighted by Crippen LogP contribution is 2.16. The molecule has 4 amide bonds. The van der Waals surface area contributed by atoms with Crippen molar-refractivity contribution in [2.75, 3.05) is 19.0 Å². The Kier molecular flexibility index (Phi) is 5.73. The molecule has 0 aromatic heterocycles. The maximum absolute atomic E-state index is 12.5. The summed E-state index contributed by atoms with van der Waals surface area (Å²) in [5.74, 6) is -1.56. The lowest BCUT2D eigenvalue weighted by molar-refractivity contribution is -0.127. The number of benzene rings is 2. The first-order valence-electron chi connectivity index (χ1n) is 8.77. The van der Waals surface area contributed by atoms with E-state index in [2.05, 4.69) is 15.4 Å². The molecule has 0 radical (unpaired) electrons. The first-order chi connectivity index (χ1) is 13.9. The predicted molar refractivity (Wildman–Crippen MR) is 106 cm³/mol. The Balaban J connectivity index is 1.68. The normalized spacial score (nSPS) is 14.7. The highest BCUT2D eigenvalue weighted by atomic mass is 16.5. The zero-order valence-electron chi connectivity index (χ0n) is 15.9. The third-order valence-electron chi connectivity index (χ3n) is 4.21. The van der Waals surface area contributed by atoms with Crippen molar-refractivity contribution in [1.82, 2.24) is 10.2 Å². The second-order valence-electron chi connectivity index (χ2n) is 6.41. The van der Waals surface area contributed by atoms with E-state index in [1.54, 1.807) is 42.5 Å². The van der Waals surface area contributed by atoms with Crippen LogP contribution in [-0.2, 0) is 14.3 Å². The Bertz CT molecular complexity index is 1010. The summed E-state index contributed by atoms with van der Waals surface area (Å²) in [6, 6.07) is 12.9. The smallest absolute Gasteiger partial charge is 0.337 e. The number of carbonyl (C=O) groups is 4. The number of nitrogens with one attached hydrogen (secondary N) is 2. The van der Waals surface area contributed by atoms with Crippen molar-refractivity contribution in [2.24, 2.45) is 0 Å². The molecular formula is C21H19N3O5. The van der Waals surface area contributed by atoms with Gasteiger partial charge in [0.1, 0.15) is 12.2 Å². The number of anilines is 1. The van der Waals surface area contributed by atoms with Gasteiger partial charge in [-0.1, -0.05) is 24.3 Å². The van der Waals surface area contributed by atoms with Crippen LogP contribution in [0.3, 0.4) is 0 Å². The molecule has 0 atom stereocenters. The molecule has 1 saturated heterocycles. The fourth-order valence-electron chi connectivity index (χ4n) is 2.78. The zero-order chi connectivity index (χ0) is 21.0. The van der Waals surface area contributed by atoms with E-state index in [1.165, 1.54) is 13.2 Å². The van der Waals surface area contributed by atoms with Crippen molar-refractivity contribution in [3.8, 4) is 0 Å². The van der Waals surface area contributed by atoms with Gasteiger partial charge in [-0.15, -0.1) is 0 Å². The van der Waals surface area contributed by atoms with Crippen molar-refractivity contribution >= 4 is 35.6 Å². The molecule has 8 heteroatoms. The van der Waals surface area contributed by atoms with Crippen molar-refractivity contribution < 1.29 is 23.9 Å². The Morgan fingerprint density at radius 3 is 2.52 bits per heavy atom. The van der Waals surface area contributed by atoms with E-state index >= 15 is 0 Å². The van der Waals surface area contributed by atoms with E-state index in [0.717, 1.165) is 10.5 Å². The molecular weight excluding hydrogens is 374 g/mol. The summed E-state index contributed by atoms with van der Waals surface area (Å²) < 4.78 is 4.63. The standard InChI is InChI=1S/C21H19N3O5/c1-13-4-3-5-16(10-13)22-18(25)12-24-19(26)17(23-21(24)28)11-14-6-8-15(9-7-14)20(27)29-2/h3-11H,12H2,1-2H3,(H,22,25)(H,23,28)/b17-11+. The minimum Gasteiger partial charge on any atom is -0.465 e. The lowest BCUT2D eigenvalue weighted by atomic mass is 10.1. The lowest BCUT2D eigenvalue weighted by Crippen LogP contribution is -2.38. The molecule has 0 bridgehead atoms. The van der Waals surface area contributed by atoms with Crippen LogP contribution in [-0.4, -0.2) is 42.4 Å². The quantitative estimate of drug-likeness (QED) is 0.461. The van der Waals surface area contributed by atoms with Gasteiger partial charge in [0.15, 0.2) is 0 Å². The molecule has 1 aliphatic rings. The van der Waals surface area contributed by atoms with Crippen molar-refractivity contribution in [1.29, 1.82) is 0 Å². The number of amides is 4. The summed E-state index contributed by atoms with van der Waals surface area (Å²) in [5, 5.41) is 5.12. The van der Waals surface area contributed by atoms with Crippen molar-refractivity contribution in [3.63, 3.8) is 0 Å². The van der Waals surface area contributed by atoms with E-state index in [0.29, 0.717) is 16.8 Å². The molecule has 1 fully saturated rings. The fourth-order valence-corrected chi connectivity index (χ4v) is 2.78.